The maximum atomic E-state index is 5.79. The van der Waals surface area contributed by atoms with Crippen LogP contribution in [0.2, 0.25) is 0 Å². The predicted octanol–water partition coefficient (Wildman–Crippen LogP) is 2.91. The van der Waals surface area contributed by atoms with Crippen LogP contribution in [0.15, 0.2) is 36.5 Å². The number of aryl methyl sites for hydroxylation is 2. The summed E-state index contributed by atoms with van der Waals surface area (Å²) in [6.45, 7) is 4.50. The third kappa shape index (κ3) is 3.51. The fourth-order valence-electron chi connectivity index (χ4n) is 1.95. The molecule has 0 radical (unpaired) electrons. The number of benzene rings is 1. The minimum Gasteiger partial charge on any atom is -0.489 e. The van der Waals surface area contributed by atoms with Crippen molar-refractivity contribution >= 4 is 17.2 Å². The summed E-state index contributed by atoms with van der Waals surface area (Å²) in [5.41, 5.74) is 9.52. The van der Waals surface area contributed by atoms with E-state index in [-0.39, 0.29) is 0 Å². The first-order chi connectivity index (χ1) is 9.06. The van der Waals surface area contributed by atoms with Gasteiger partial charge in [-0.25, -0.2) is 0 Å². The molecule has 0 saturated carbocycles. The zero-order chi connectivity index (χ0) is 13.8. The molecule has 0 aliphatic carbocycles. The maximum absolute atomic E-state index is 5.79. The molecular weight excluding hydrogens is 256 g/mol. The normalized spacial score (nSPS) is 10.2. The highest BCUT2D eigenvalue weighted by atomic mass is 32.1. The van der Waals surface area contributed by atoms with Crippen LogP contribution < -0.4 is 10.5 Å². The Morgan fingerprint density at radius 2 is 1.95 bits per heavy atom. The van der Waals surface area contributed by atoms with Gasteiger partial charge in [0.1, 0.15) is 23.0 Å². The number of ether oxygens (including phenoxy) is 1. The maximum Gasteiger partial charge on any atom is 0.123 e. The van der Waals surface area contributed by atoms with Crippen LogP contribution in [0.25, 0.3) is 0 Å². The van der Waals surface area contributed by atoms with E-state index < -0.39 is 0 Å². The SMILES string of the molecule is Cc1cc(C)cc(OCc2cccnc2C(N)=S)c1. The Morgan fingerprint density at radius 1 is 1.26 bits per heavy atom. The highest BCUT2D eigenvalue weighted by molar-refractivity contribution is 7.80. The highest BCUT2D eigenvalue weighted by Gasteiger charge is 2.07. The third-order valence-corrected chi connectivity index (χ3v) is 2.91. The molecule has 0 aliphatic rings. The second-order valence-corrected chi connectivity index (χ2v) is 4.93. The molecule has 0 atom stereocenters. The van der Waals surface area contributed by atoms with Crippen LogP contribution in [-0.4, -0.2) is 9.97 Å². The molecule has 0 amide bonds. The molecule has 1 aromatic carbocycles. The number of hydrogen-bond donors (Lipinski definition) is 1. The van der Waals surface area contributed by atoms with Gasteiger partial charge in [-0.3, -0.25) is 4.98 Å². The monoisotopic (exact) mass is 272 g/mol. The lowest BCUT2D eigenvalue weighted by atomic mass is 10.1. The summed E-state index contributed by atoms with van der Waals surface area (Å²) < 4.78 is 5.79. The van der Waals surface area contributed by atoms with Crippen molar-refractivity contribution in [3.63, 3.8) is 0 Å². The van der Waals surface area contributed by atoms with Crippen molar-refractivity contribution in [2.75, 3.05) is 0 Å². The van der Waals surface area contributed by atoms with E-state index >= 15 is 0 Å². The van der Waals surface area contributed by atoms with Crippen LogP contribution in [-0.2, 0) is 6.61 Å². The molecule has 0 saturated heterocycles. The Bertz CT molecular complexity index is 591. The summed E-state index contributed by atoms with van der Waals surface area (Å²) in [5, 5.41) is 0. The smallest absolute Gasteiger partial charge is 0.123 e. The van der Waals surface area contributed by atoms with Crippen LogP contribution in [0.5, 0.6) is 5.75 Å². The highest BCUT2D eigenvalue weighted by Crippen LogP contribution is 2.18. The zero-order valence-electron chi connectivity index (χ0n) is 11.0. The van der Waals surface area contributed by atoms with Crippen LogP contribution in [0, 0.1) is 13.8 Å². The largest absolute Gasteiger partial charge is 0.489 e. The Hall–Kier alpha value is -1.94. The second kappa shape index (κ2) is 5.80. The molecule has 0 fully saturated rings. The molecule has 1 heterocycles. The summed E-state index contributed by atoms with van der Waals surface area (Å²) in [5.74, 6) is 0.843. The second-order valence-electron chi connectivity index (χ2n) is 4.49. The molecule has 2 aromatic rings. The lowest BCUT2D eigenvalue weighted by Crippen LogP contribution is -2.15. The summed E-state index contributed by atoms with van der Waals surface area (Å²) in [4.78, 5) is 4.47. The van der Waals surface area contributed by atoms with Gasteiger partial charge in [0.05, 0.1) is 0 Å². The Morgan fingerprint density at radius 3 is 2.58 bits per heavy atom. The number of thiocarbonyl (C=S) groups is 1. The van der Waals surface area contributed by atoms with Gasteiger partial charge in [0.2, 0.25) is 0 Å². The lowest BCUT2D eigenvalue weighted by Gasteiger charge is -2.10. The Balaban J connectivity index is 2.16. The van der Waals surface area contributed by atoms with E-state index in [9.17, 15) is 0 Å². The number of hydrogen-bond acceptors (Lipinski definition) is 3. The van der Waals surface area contributed by atoms with E-state index in [0.29, 0.717) is 17.3 Å². The molecule has 0 aliphatic heterocycles. The van der Waals surface area contributed by atoms with Gasteiger partial charge >= 0.3 is 0 Å². The van der Waals surface area contributed by atoms with Gasteiger partial charge in [0.25, 0.3) is 0 Å². The first kappa shape index (κ1) is 13.5. The molecule has 19 heavy (non-hydrogen) atoms. The van der Waals surface area contributed by atoms with Crippen LogP contribution >= 0.6 is 12.2 Å². The molecule has 0 bridgehead atoms. The van der Waals surface area contributed by atoms with Crippen LogP contribution in [0.1, 0.15) is 22.4 Å². The molecule has 1 aromatic heterocycles. The van der Waals surface area contributed by atoms with Crippen molar-refractivity contribution in [2.24, 2.45) is 5.73 Å². The molecule has 0 unspecified atom stereocenters. The van der Waals surface area contributed by atoms with Gasteiger partial charge in [-0.1, -0.05) is 24.4 Å². The number of nitrogens with two attached hydrogens (primary N) is 1. The van der Waals surface area contributed by atoms with Gasteiger partial charge in [0, 0.05) is 11.8 Å². The van der Waals surface area contributed by atoms with Crippen molar-refractivity contribution in [3.05, 3.63) is 58.9 Å². The molecule has 2 N–H and O–H groups in total. The molecular formula is C15H16N2OS. The first-order valence-corrected chi connectivity index (χ1v) is 6.42. The van der Waals surface area contributed by atoms with E-state index in [1.54, 1.807) is 6.20 Å². The topological polar surface area (TPSA) is 48.1 Å². The fraction of sp³-hybridized carbons (Fsp3) is 0.200. The number of rotatable bonds is 4. The van der Waals surface area contributed by atoms with Crippen molar-refractivity contribution < 1.29 is 4.74 Å². The number of nitrogens with zero attached hydrogens (tertiary/aromatic N) is 1. The molecule has 0 spiro atoms. The van der Waals surface area contributed by atoms with Crippen molar-refractivity contribution in [3.8, 4) is 5.75 Å². The van der Waals surface area contributed by atoms with Crippen molar-refractivity contribution in [1.82, 2.24) is 4.98 Å². The van der Waals surface area contributed by atoms with Crippen LogP contribution in [0.4, 0.5) is 0 Å². The quantitative estimate of drug-likeness (QED) is 0.869. The fourth-order valence-corrected chi connectivity index (χ4v) is 2.14. The van der Waals surface area contributed by atoms with E-state index in [2.05, 4.69) is 11.1 Å². The lowest BCUT2D eigenvalue weighted by molar-refractivity contribution is 0.305. The van der Waals surface area contributed by atoms with Crippen molar-refractivity contribution in [2.45, 2.75) is 20.5 Å². The van der Waals surface area contributed by atoms with E-state index in [1.165, 1.54) is 11.1 Å². The minimum atomic E-state index is 0.291. The van der Waals surface area contributed by atoms with Gasteiger partial charge in [-0.05, 0) is 43.2 Å². The van der Waals surface area contributed by atoms with Gasteiger partial charge < -0.3 is 10.5 Å². The van der Waals surface area contributed by atoms with E-state index in [1.807, 2.05) is 38.1 Å². The van der Waals surface area contributed by atoms with Gasteiger partial charge in [0.15, 0.2) is 0 Å². The van der Waals surface area contributed by atoms with E-state index in [0.717, 1.165) is 11.3 Å². The average Bonchev–Trinajstić information content (AvgIpc) is 2.35. The molecule has 2 rings (SSSR count). The first-order valence-electron chi connectivity index (χ1n) is 6.01. The third-order valence-electron chi connectivity index (χ3n) is 2.71. The summed E-state index contributed by atoms with van der Waals surface area (Å²) >= 11 is 4.98. The summed E-state index contributed by atoms with van der Waals surface area (Å²) in [6.07, 6.45) is 1.68. The summed E-state index contributed by atoms with van der Waals surface area (Å²) in [7, 11) is 0. The Labute approximate surface area is 118 Å². The predicted molar refractivity (Wildman–Crippen MR) is 80.4 cm³/mol. The van der Waals surface area contributed by atoms with Gasteiger partial charge in [-0.15, -0.1) is 0 Å². The standard InChI is InChI=1S/C15H16N2OS/c1-10-6-11(2)8-13(7-10)18-9-12-4-3-5-17-14(12)15(16)19/h3-8H,9H2,1-2H3,(H2,16,19). The minimum absolute atomic E-state index is 0.291. The number of pyridine rings is 1. The van der Waals surface area contributed by atoms with E-state index in [4.69, 9.17) is 22.7 Å². The molecule has 4 heteroatoms. The van der Waals surface area contributed by atoms with Crippen molar-refractivity contribution in [1.29, 1.82) is 0 Å². The summed E-state index contributed by atoms with van der Waals surface area (Å²) in [6, 6.07) is 9.89. The Kier molecular flexibility index (Phi) is 4.12. The molecule has 98 valence electrons. The van der Waals surface area contributed by atoms with Gasteiger partial charge in [-0.2, -0.15) is 0 Å². The average molecular weight is 272 g/mol. The van der Waals surface area contributed by atoms with Crippen LogP contribution in [0.3, 0.4) is 0 Å². The number of aromatic nitrogens is 1. The zero-order valence-corrected chi connectivity index (χ0v) is 11.8. The molecule has 3 nitrogen and oxygen atoms in total.